The molecule has 0 spiro atoms. The van der Waals surface area contributed by atoms with Crippen molar-refractivity contribution >= 4 is 42.7 Å². The van der Waals surface area contributed by atoms with Crippen molar-refractivity contribution in [2.24, 2.45) is 0 Å². The Morgan fingerprint density at radius 3 is 1.92 bits per heavy atom. The molecule has 0 saturated carbocycles. The summed E-state index contributed by atoms with van der Waals surface area (Å²) in [4.78, 5) is 0. The van der Waals surface area contributed by atoms with Gasteiger partial charge in [0.15, 0.2) is 22.5 Å². The van der Waals surface area contributed by atoms with Crippen LogP contribution in [-0.2, 0) is 8.85 Å². The molecule has 0 saturated heterocycles. The Morgan fingerprint density at radius 2 is 1.54 bits per heavy atom. The van der Waals surface area contributed by atoms with Gasteiger partial charge in [0.1, 0.15) is 5.75 Å². The van der Waals surface area contributed by atoms with Gasteiger partial charge in [-0.3, -0.25) is 0 Å². The van der Waals surface area contributed by atoms with E-state index in [1.165, 1.54) is 22.3 Å². The summed E-state index contributed by atoms with van der Waals surface area (Å²) in [6.07, 6.45) is 1.96. The van der Waals surface area contributed by atoms with E-state index in [9.17, 15) is 0 Å². The van der Waals surface area contributed by atoms with Crippen molar-refractivity contribution in [3.63, 3.8) is 0 Å². The molecule has 1 aromatic carbocycles. The second kappa shape index (κ2) is 9.16. The van der Waals surface area contributed by atoms with Crippen LogP contribution in [0.2, 0.25) is 39.3 Å². The van der Waals surface area contributed by atoms with Crippen LogP contribution in [-0.4, -0.2) is 42.6 Å². The molecule has 1 aromatic rings. The molecular weight excluding hydrogens is 389 g/mol. The fourth-order valence-corrected chi connectivity index (χ4v) is 9.75. The van der Waals surface area contributed by atoms with Crippen molar-refractivity contribution in [2.45, 2.75) is 71.5 Å². The van der Waals surface area contributed by atoms with Crippen molar-refractivity contribution in [3.8, 4) is 5.75 Å². The van der Waals surface area contributed by atoms with Crippen LogP contribution in [0, 0.1) is 13.8 Å². The molecule has 0 aliphatic heterocycles. The lowest BCUT2D eigenvalue weighted by molar-refractivity contribution is 0.0531. The molecule has 3 nitrogen and oxygen atoms in total. The third-order valence-corrected chi connectivity index (χ3v) is 8.34. The third-order valence-electron chi connectivity index (χ3n) is 4.08. The van der Waals surface area contributed by atoms with E-state index in [1.54, 1.807) is 0 Å². The lowest BCUT2D eigenvalue weighted by Crippen LogP contribution is -2.44. The molecule has 0 amide bonds. The SMILES string of the molecule is C=Cc1cc(O[SiH2]C(O[Si](C)(C)C)O[Si](C)(C)C)c(C)c(C)c1C(C)[SiH3]. The molecule has 0 radical (unpaired) electrons. The van der Waals surface area contributed by atoms with Crippen molar-refractivity contribution in [1.29, 1.82) is 0 Å². The minimum atomic E-state index is -1.68. The summed E-state index contributed by atoms with van der Waals surface area (Å²) in [5, 5.41) is 0. The summed E-state index contributed by atoms with van der Waals surface area (Å²) in [5.41, 5.74) is 5.80. The first-order valence-electron chi connectivity index (χ1n) is 9.50. The van der Waals surface area contributed by atoms with E-state index in [2.05, 4.69) is 72.7 Å². The largest absolute Gasteiger partial charge is 0.544 e. The van der Waals surface area contributed by atoms with Gasteiger partial charge in [0, 0.05) is 10.2 Å². The molecule has 0 aliphatic carbocycles. The summed E-state index contributed by atoms with van der Waals surface area (Å²) >= 11 is 0. The van der Waals surface area contributed by atoms with Gasteiger partial charge in [-0.25, -0.2) is 0 Å². The van der Waals surface area contributed by atoms with Gasteiger partial charge in [-0.2, -0.15) is 0 Å². The maximum absolute atomic E-state index is 6.35. The Bertz CT molecular complexity index is 615. The molecule has 1 unspecified atom stereocenters. The molecule has 148 valence electrons. The van der Waals surface area contributed by atoms with Crippen LogP contribution in [0.5, 0.6) is 5.75 Å². The number of rotatable bonds is 9. The number of hydrogen-bond acceptors (Lipinski definition) is 3. The first kappa shape index (κ1) is 23.6. The molecular formula is C19H38O3Si4. The highest BCUT2D eigenvalue weighted by Crippen LogP contribution is 2.32. The van der Waals surface area contributed by atoms with E-state index < -0.39 is 26.4 Å². The van der Waals surface area contributed by atoms with Crippen molar-refractivity contribution in [2.75, 3.05) is 0 Å². The van der Waals surface area contributed by atoms with Crippen LogP contribution in [0.3, 0.4) is 0 Å². The predicted octanol–water partition coefficient (Wildman–Crippen LogP) is 3.82. The maximum atomic E-state index is 6.35. The summed E-state index contributed by atoms with van der Waals surface area (Å²) in [7, 11) is -3.26. The van der Waals surface area contributed by atoms with Gasteiger partial charge in [-0.1, -0.05) is 19.6 Å². The highest BCUT2D eigenvalue weighted by molar-refractivity contribution is 6.71. The second-order valence-corrected chi connectivity index (χ2v) is 21.1. The van der Waals surface area contributed by atoms with Gasteiger partial charge in [-0.05, 0) is 87.0 Å². The average molecular weight is 427 g/mol. The van der Waals surface area contributed by atoms with E-state index in [1.807, 2.05) is 6.08 Å². The van der Waals surface area contributed by atoms with E-state index in [4.69, 9.17) is 13.3 Å². The van der Waals surface area contributed by atoms with Crippen LogP contribution >= 0.6 is 0 Å². The molecule has 0 heterocycles. The van der Waals surface area contributed by atoms with Gasteiger partial charge in [0.05, 0.1) is 0 Å². The molecule has 0 fully saturated rings. The van der Waals surface area contributed by atoms with Gasteiger partial charge in [0.2, 0.25) is 0 Å². The van der Waals surface area contributed by atoms with Crippen LogP contribution in [0.15, 0.2) is 12.6 Å². The van der Waals surface area contributed by atoms with E-state index in [-0.39, 0.29) is 5.91 Å². The Hall–Kier alpha value is -0.452. The van der Waals surface area contributed by atoms with E-state index in [0.29, 0.717) is 5.54 Å². The predicted molar refractivity (Wildman–Crippen MR) is 126 cm³/mol. The van der Waals surface area contributed by atoms with Crippen LogP contribution < -0.4 is 4.43 Å². The summed E-state index contributed by atoms with van der Waals surface area (Å²) in [5.74, 6) is 0.802. The zero-order chi connectivity index (χ0) is 20.3. The molecule has 1 atom stereocenters. The Labute approximate surface area is 168 Å². The Balaban J connectivity index is 3.08. The summed E-state index contributed by atoms with van der Waals surface area (Å²) in [6.45, 7) is 23.9. The highest BCUT2D eigenvalue weighted by Gasteiger charge is 2.28. The van der Waals surface area contributed by atoms with Crippen molar-refractivity contribution in [3.05, 3.63) is 34.9 Å². The zero-order valence-corrected chi connectivity index (χ0v) is 23.9. The fourth-order valence-electron chi connectivity index (χ4n) is 3.05. The molecule has 7 heteroatoms. The smallest absolute Gasteiger partial charge is 0.276 e. The Morgan fingerprint density at radius 1 is 1.04 bits per heavy atom. The second-order valence-electron chi connectivity index (χ2n) is 9.19. The topological polar surface area (TPSA) is 27.7 Å². The molecule has 0 aromatic heterocycles. The molecule has 1 rings (SSSR count). The van der Waals surface area contributed by atoms with E-state index >= 15 is 0 Å². The van der Waals surface area contributed by atoms with Gasteiger partial charge in [0.25, 0.3) is 9.76 Å². The van der Waals surface area contributed by atoms with Gasteiger partial charge < -0.3 is 13.3 Å². The Kier molecular flexibility index (Phi) is 8.31. The van der Waals surface area contributed by atoms with Crippen LogP contribution in [0.1, 0.15) is 34.7 Å². The zero-order valence-electron chi connectivity index (χ0n) is 18.4. The van der Waals surface area contributed by atoms with Gasteiger partial charge in [-0.15, -0.1) is 0 Å². The fraction of sp³-hybridized carbons (Fsp3) is 0.579. The quantitative estimate of drug-likeness (QED) is 0.444. The minimum absolute atomic E-state index is 0.169. The van der Waals surface area contributed by atoms with E-state index in [0.717, 1.165) is 16.0 Å². The molecule has 0 bridgehead atoms. The third kappa shape index (κ3) is 7.28. The normalized spacial score (nSPS) is 14.4. The minimum Gasteiger partial charge on any atom is -0.544 e. The van der Waals surface area contributed by atoms with Gasteiger partial charge >= 0.3 is 0 Å². The molecule has 0 aliphatic rings. The lowest BCUT2D eigenvalue weighted by atomic mass is 9.94. The summed E-state index contributed by atoms with van der Waals surface area (Å²) < 4.78 is 18.9. The van der Waals surface area contributed by atoms with Crippen LogP contribution in [0.4, 0.5) is 0 Å². The monoisotopic (exact) mass is 426 g/mol. The maximum Gasteiger partial charge on any atom is 0.276 e. The van der Waals surface area contributed by atoms with Crippen LogP contribution in [0.25, 0.3) is 6.08 Å². The number of hydrogen-bond donors (Lipinski definition) is 0. The van der Waals surface area contributed by atoms with Crippen molar-refractivity contribution in [1.82, 2.24) is 0 Å². The first-order chi connectivity index (χ1) is 11.7. The first-order valence-corrected chi connectivity index (χ1v) is 18.9. The molecule has 26 heavy (non-hydrogen) atoms. The molecule has 0 N–H and O–H groups in total. The van der Waals surface area contributed by atoms with Crippen molar-refractivity contribution < 1.29 is 13.3 Å². The standard InChI is InChI=1S/C19H38O3Si4/c1-11-16-12-17(13(2)14(3)18(16)15(4)23)20-24-19(21-25(5,6)7)22-26(8,9)10/h11-12,15,19H,1,24H2,2-10,23H3. The summed E-state index contributed by atoms with van der Waals surface area (Å²) in [6, 6.07) is 2.16. The average Bonchev–Trinajstić information content (AvgIpc) is 2.44. The lowest BCUT2D eigenvalue weighted by Gasteiger charge is -2.31. The highest BCUT2D eigenvalue weighted by atomic mass is 28.4. The number of benzene rings is 1.